The van der Waals surface area contributed by atoms with Gasteiger partial charge in [0.1, 0.15) is 5.56 Å². The number of ether oxygens (including phenoxy) is 2. The van der Waals surface area contributed by atoms with E-state index in [1.54, 1.807) is 0 Å². The van der Waals surface area contributed by atoms with Crippen molar-refractivity contribution in [3.8, 4) is 23.0 Å². The highest BCUT2D eigenvalue weighted by atomic mass is 16.5. The molecule has 142 valence electrons. The Morgan fingerprint density at radius 3 is 1.84 bits per heavy atom. The molecule has 6 heteroatoms. The molecule has 0 atom stereocenters. The second-order valence-electron chi connectivity index (χ2n) is 6.02. The maximum atomic E-state index is 11.6. The number of carboxylic acid groups (broad SMARTS) is 1. The van der Waals surface area contributed by atoms with E-state index in [9.17, 15) is 20.1 Å². The van der Waals surface area contributed by atoms with E-state index in [4.69, 9.17) is 9.47 Å². The van der Waals surface area contributed by atoms with E-state index in [-0.39, 0.29) is 17.1 Å². The fourth-order valence-electron chi connectivity index (χ4n) is 2.47. The van der Waals surface area contributed by atoms with Crippen molar-refractivity contribution < 1.29 is 29.6 Å². The van der Waals surface area contributed by atoms with Crippen molar-refractivity contribution in [2.75, 3.05) is 13.2 Å². The van der Waals surface area contributed by atoms with Gasteiger partial charge in [-0.1, -0.05) is 40.0 Å². The number of hydrogen-bond donors (Lipinski definition) is 3. The third-order valence-corrected chi connectivity index (χ3v) is 3.94. The van der Waals surface area contributed by atoms with Crippen LogP contribution < -0.4 is 9.47 Å². The topological polar surface area (TPSA) is 96.2 Å². The van der Waals surface area contributed by atoms with E-state index in [1.165, 1.54) is 0 Å². The predicted octanol–water partition coefficient (Wildman–Crippen LogP) is 4.50. The Kier molecular flexibility index (Phi) is 8.95. The molecule has 0 bridgehead atoms. The fraction of sp³-hybridized carbons (Fsp3) is 0.632. The summed E-state index contributed by atoms with van der Waals surface area (Å²) in [6, 6.07) is 0. The lowest BCUT2D eigenvalue weighted by Crippen LogP contribution is -2.11. The smallest absolute Gasteiger partial charge is 0.340 e. The lowest BCUT2D eigenvalue weighted by Gasteiger charge is -2.20. The Bertz CT molecular complexity index is 568. The van der Waals surface area contributed by atoms with E-state index < -0.39 is 17.5 Å². The van der Waals surface area contributed by atoms with Crippen molar-refractivity contribution in [3.05, 3.63) is 11.1 Å². The molecule has 3 N–H and O–H groups in total. The van der Waals surface area contributed by atoms with Crippen molar-refractivity contribution >= 4 is 5.97 Å². The van der Waals surface area contributed by atoms with Crippen LogP contribution in [0.2, 0.25) is 0 Å². The van der Waals surface area contributed by atoms with Gasteiger partial charge >= 0.3 is 5.97 Å². The Hall–Kier alpha value is -2.11. The first kappa shape index (κ1) is 20.9. The molecule has 0 aliphatic heterocycles. The molecule has 0 unspecified atom stereocenters. The zero-order valence-corrected chi connectivity index (χ0v) is 15.4. The van der Waals surface area contributed by atoms with E-state index in [0.717, 1.165) is 38.5 Å². The summed E-state index contributed by atoms with van der Waals surface area (Å²) in [5.74, 6) is -2.24. The predicted molar refractivity (Wildman–Crippen MR) is 96.1 cm³/mol. The highest BCUT2D eigenvalue weighted by molar-refractivity contribution is 5.96. The van der Waals surface area contributed by atoms with E-state index in [0.29, 0.717) is 25.2 Å². The maximum Gasteiger partial charge on any atom is 0.340 e. The average Bonchev–Trinajstić information content (AvgIpc) is 2.58. The summed E-state index contributed by atoms with van der Waals surface area (Å²) in [6.07, 6.45) is 5.44. The zero-order chi connectivity index (χ0) is 18.8. The molecule has 0 saturated carbocycles. The number of rotatable bonds is 12. The Morgan fingerprint density at radius 2 is 1.36 bits per heavy atom. The molecular formula is C19H30O6. The van der Waals surface area contributed by atoms with Gasteiger partial charge in [0.15, 0.2) is 11.5 Å². The molecule has 25 heavy (non-hydrogen) atoms. The van der Waals surface area contributed by atoms with Gasteiger partial charge in [-0.2, -0.15) is 0 Å². The maximum absolute atomic E-state index is 11.6. The van der Waals surface area contributed by atoms with Crippen LogP contribution in [0.25, 0.3) is 0 Å². The monoisotopic (exact) mass is 354 g/mol. The molecular weight excluding hydrogens is 324 g/mol. The Morgan fingerprint density at radius 1 is 0.840 bits per heavy atom. The van der Waals surface area contributed by atoms with Crippen molar-refractivity contribution in [2.24, 2.45) is 0 Å². The molecule has 1 aromatic rings. The van der Waals surface area contributed by atoms with Gasteiger partial charge in [-0.25, -0.2) is 4.79 Å². The summed E-state index contributed by atoms with van der Waals surface area (Å²) >= 11 is 0. The number of unbranched alkanes of at least 4 members (excludes halogenated alkanes) is 3. The van der Waals surface area contributed by atoms with Crippen molar-refractivity contribution in [1.82, 2.24) is 0 Å². The molecule has 0 fully saturated rings. The van der Waals surface area contributed by atoms with Crippen LogP contribution in [-0.2, 0) is 6.42 Å². The van der Waals surface area contributed by atoms with Crippen molar-refractivity contribution in [3.63, 3.8) is 0 Å². The number of aromatic carboxylic acids is 1. The molecule has 1 rings (SSSR count). The van der Waals surface area contributed by atoms with Gasteiger partial charge < -0.3 is 24.8 Å². The summed E-state index contributed by atoms with van der Waals surface area (Å²) in [6.45, 7) is 6.78. The minimum atomic E-state index is -1.29. The van der Waals surface area contributed by atoms with Crippen LogP contribution in [0.4, 0.5) is 0 Å². The summed E-state index contributed by atoms with van der Waals surface area (Å²) in [5.41, 5.74) is 0.0764. The third-order valence-electron chi connectivity index (χ3n) is 3.94. The number of hydrogen-bond acceptors (Lipinski definition) is 5. The van der Waals surface area contributed by atoms with Crippen LogP contribution in [0.5, 0.6) is 23.0 Å². The average molecular weight is 354 g/mol. The fourth-order valence-corrected chi connectivity index (χ4v) is 2.47. The zero-order valence-electron chi connectivity index (χ0n) is 15.4. The third kappa shape index (κ3) is 5.44. The molecule has 1 aromatic carbocycles. The molecule has 0 aliphatic carbocycles. The molecule has 0 heterocycles. The van der Waals surface area contributed by atoms with Gasteiger partial charge in [0.2, 0.25) is 11.5 Å². The van der Waals surface area contributed by atoms with Crippen molar-refractivity contribution in [1.29, 1.82) is 0 Å². The summed E-state index contributed by atoms with van der Waals surface area (Å²) in [7, 11) is 0. The van der Waals surface area contributed by atoms with Gasteiger partial charge in [0, 0.05) is 5.56 Å². The minimum Gasteiger partial charge on any atom is -0.504 e. The normalized spacial score (nSPS) is 10.7. The number of carbonyl (C=O) groups is 1. The van der Waals surface area contributed by atoms with Crippen molar-refractivity contribution in [2.45, 2.75) is 65.7 Å². The number of phenols is 2. The van der Waals surface area contributed by atoms with Crippen LogP contribution in [0, 0.1) is 0 Å². The molecule has 0 amide bonds. The first-order valence-corrected chi connectivity index (χ1v) is 9.09. The SMILES string of the molecule is CCCCOc1c(O)c(O)c(C(=O)O)c(CCCC)c1OCCCC. The number of benzene rings is 1. The lowest BCUT2D eigenvalue weighted by atomic mass is 9.98. The quantitative estimate of drug-likeness (QED) is 0.378. The molecule has 0 aromatic heterocycles. The van der Waals surface area contributed by atoms with Gasteiger partial charge in [-0.05, 0) is 25.7 Å². The number of phenolic OH excluding ortho intramolecular Hbond substituents is 1. The van der Waals surface area contributed by atoms with E-state index in [2.05, 4.69) is 0 Å². The second-order valence-corrected chi connectivity index (χ2v) is 6.02. The Labute approximate surface area is 149 Å². The molecule has 0 aliphatic rings. The van der Waals surface area contributed by atoms with Crippen LogP contribution in [0.1, 0.15) is 75.2 Å². The van der Waals surface area contributed by atoms with Gasteiger partial charge in [0.25, 0.3) is 0 Å². The standard InChI is InChI=1S/C19H30O6/c1-4-7-10-13-14(19(22)23)15(20)16(21)18(25-12-9-6-3)17(13)24-11-8-5-2/h20-21H,4-12H2,1-3H3,(H,22,23). The summed E-state index contributed by atoms with van der Waals surface area (Å²) < 4.78 is 11.5. The largest absolute Gasteiger partial charge is 0.504 e. The molecule has 0 saturated heterocycles. The van der Waals surface area contributed by atoms with E-state index >= 15 is 0 Å². The van der Waals surface area contributed by atoms with Crippen LogP contribution in [0.3, 0.4) is 0 Å². The Balaban J connectivity index is 3.44. The number of aromatic hydroxyl groups is 2. The lowest BCUT2D eigenvalue weighted by molar-refractivity contribution is 0.0690. The molecule has 0 spiro atoms. The summed E-state index contributed by atoms with van der Waals surface area (Å²) in [5, 5.41) is 30.0. The first-order chi connectivity index (χ1) is 12.0. The first-order valence-electron chi connectivity index (χ1n) is 9.09. The minimum absolute atomic E-state index is 0.0400. The second kappa shape index (κ2) is 10.7. The van der Waals surface area contributed by atoms with E-state index in [1.807, 2.05) is 20.8 Å². The number of carboxylic acids is 1. The van der Waals surface area contributed by atoms with Gasteiger partial charge in [-0.15, -0.1) is 0 Å². The van der Waals surface area contributed by atoms with Crippen LogP contribution >= 0.6 is 0 Å². The molecule has 6 nitrogen and oxygen atoms in total. The molecule has 0 radical (unpaired) electrons. The van der Waals surface area contributed by atoms with Crippen LogP contribution in [0.15, 0.2) is 0 Å². The van der Waals surface area contributed by atoms with Gasteiger partial charge in [0.05, 0.1) is 13.2 Å². The van der Waals surface area contributed by atoms with Gasteiger partial charge in [-0.3, -0.25) is 0 Å². The highest BCUT2D eigenvalue weighted by Crippen LogP contribution is 2.49. The highest BCUT2D eigenvalue weighted by Gasteiger charge is 2.29. The van der Waals surface area contributed by atoms with Crippen LogP contribution in [-0.4, -0.2) is 34.5 Å². The summed E-state index contributed by atoms with van der Waals surface area (Å²) in [4.78, 5) is 11.6.